The van der Waals surface area contributed by atoms with E-state index in [1.54, 1.807) is 0 Å². The first-order valence-corrected chi connectivity index (χ1v) is 10.1. The fourth-order valence-corrected chi connectivity index (χ4v) is 4.84. The highest BCUT2D eigenvalue weighted by Crippen LogP contribution is 2.46. The number of benzene rings is 2. The Balaban J connectivity index is 1.54. The molecule has 0 atom stereocenters. The molecule has 0 saturated carbocycles. The molecule has 27 heavy (non-hydrogen) atoms. The van der Waals surface area contributed by atoms with Gasteiger partial charge in [-0.25, -0.2) is 4.98 Å². The summed E-state index contributed by atoms with van der Waals surface area (Å²) in [5.41, 5.74) is 4.17. The second-order valence-corrected chi connectivity index (χ2v) is 8.19. The number of aromatic amines is 1. The van der Waals surface area contributed by atoms with Gasteiger partial charge in [-0.3, -0.25) is 4.79 Å². The van der Waals surface area contributed by atoms with Crippen molar-refractivity contribution < 1.29 is 4.79 Å². The molecule has 0 fully saturated rings. The van der Waals surface area contributed by atoms with E-state index in [1.165, 1.54) is 23.5 Å². The molecule has 0 unspecified atom stereocenters. The first-order valence-electron chi connectivity index (χ1n) is 8.34. The van der Waals surface area contributed by atoms with Crippen LogP contribution in [0.5, 0.6) is 0 Å². The lowest BCUT2D eigenvalue weighted by atomic mass is 10.2. The second kappa shape index (κ2) is 7.14. The number of hydrogen-bond acceptors (Lipinski definition) is 6. The Bertz CT molecular complexity index is 1130. The van der Waals surface area contributed by atoms with Crippen molar-refractivity contribution in [3.63, 3.8) is 0 Å². The molecule has 5 nitrogen and oxygen atoms in total. The van der Waals surface area contributed by atoms with Crippen LogP contribution < -0.4 is 4.90 Å². The standard InChI is InChI=1S/C20H16N4OS2/c1-12-7-8-14-15(9-12)23-20(22-14)26-11-17(25)13(10-21)19-24(2)16-5-3-4-6-18(16)27-19/h3-9H,11H2,1-2H3,(H,22,23)/b19-13+. The van der Waals surface area contributed by atoms with Crippen LogP contribution in [-0.2, 0) is 4.79 Å². The van der Waals surface area contributed by atoms with E-state index in [9.17, 15) is 10.1 Å². The first kappa shape index (κ1) is 17.7. The van der Waals surface area contributed by atoms with Gasteiger partial charge in [0.05, 0.1) is 22.5 Å². The number of thioether (sulfide) groups is 2. The number of aryl methyl sites for hydroxylation is 1. The van der Waals surface area contributed by atoms with E-state index >= 15 is 0 Å². The molecule has 1 aliphatic rings. The third-order valence-corrected chi connectivity index (χ3v) is 6.41. The highest BCUT2D eigenvalue weighted by atomic mass is 32.2. The Labute approximate surface area is 165 Å². The van der Waals surface area contributed by atoms with E-state index in [4.69, 9.17) is 0 Å². The van der Waals surface area contributed by atoms with Crippen LogP contribution in [0.3, 0.4) is 0 Å². The largest absolute Gasteiger partial charge is 0.337 e. The number of nitrogens with zero attached hydrogens (tertiary/aromatic N) is 3. The second-order valence-electron chi connectivity index (χ2n) is 6.20. The fourth-order valence-electron chi connectivity index (χ4n) is 2.93. The fraction of sp³-hybridized carbons (Fsp3) is 0.150. The smallest absolute Gasteiger partial charge is 0.186 e. The van der Waals surface area contributed by atoms with Crippen molar-refractivity contribution in [2.24, 2.45) is 0 Å². The Morgan fingerprint density at radius 2 is 2.15 bits per heavy atom. The average molecular weight is 393 g/mol. The van der Waals surface area contributed by atoms with Crippen LogP contribution in [0, 0.1) is 18.3 Å². The van der Waals surface area contributed by atoms with Crippen LogP contribution in [0.4, 0.5) is 5.69 Å². The van der Waals surface area contributed by atoms with Gasteiger partial charge in [-0.1, -0.05) is 41.7 Å². The molecule has 1 aromatic heterocycles. The Hall–Kier alpha value is -2.69. The number of Topliss-reactive ketones (excluding diaryl/α,β-unsaturated/α-hetero) is 1. The third kappa shape index (κ3) is 3.34. The van der Waals surface area contributed by atoms with Crippen molar-refractivity contribution in [1.29, 1.82) is 5.26 Å². The average Bonchev–Trinajstić information content (AvgIpc) is 3.22. The van der Waals surface area contributed by atoms with Crippen LogP contribution in [-0.4, -0.2) is 28.6 Å². The van der Waals surface area contributed by atoms with Crippen molar-refractivity contribution in [2.75, 3.05) is 17.7 Å². The number of anilines is 1. The topological polar surface area (TPSA) is 72.8 Å². The van der Waals surface area contributed by atoms with Gasteiger partial charge in [-0.15, -0.1) is 0 Å². The number of nitriles is 1. The number of H-pyrrole nitrogens is 1. The number of ketones is 1. The van der Waals surface area contributed by atoms with Gasteiger partial charge in [0.15, 0.2) is 10.9 Å². The van der Waals surface area contributed by atoms with Crippen LogP contribution in [0.15, 0.2) is 63.1 Å². The molecule has 2 heterocycles. The number of carbonyl (C=O) groups is 1. The summed E-state index contributed by atoms with van der Waals surface area (Å²) in [7, 11) is 1.88. The molecule has 0 aliphatic carbocycles. The zero-order chi connectivity index (χ0) is 19.0. The maximum Gasteiger partial charge on any atom is 0.186 e. The van der Waals surface area contributed by atoms with Crippen LogP contribution in [0.2, 0.25) is 0 Å². The number of para-hydroxylation sites is 1. The zero-order valence-electron chi connectivity index (χ0n) is 14.8. The summed E-state index contributed by atoms with van der Waals surface area (Å²) in [6, 6.07) is 16.0. The summed E-state index contributed by atoms with van der Waals surface area (Å²) in [4.78, 5) is 23.4. The molecule has 0 saturated heterocycles. The van der Waals surface area contributed by atoms with E-state index in [2.05, 4.69) is 16.0 Å². The van der Waals surface area contributed by atoms with E-state index in [0.717, 1.165) is 27.2 Å². The number of rotatable bonds is 4. The third-order valence-electron chi connectivity index (χ3n) is 4.30. The lowest BCUT2D eigenvalue weighted by molar-refractivity contribution is -0.112. The summed E-state index contributed by atoms with van der Waals surface area (Å²) in [6.07, 6.45) is 0. The number of allylic oxidation sites excluding steroid dienone is 1. The molecule has 4 rings (SSSR count). The number of aromatic nitrogens is 2. The Kier molecular flexibility index (Phi) is 4.68. The van der Waals surface area contributed by atoms with Gasteiger partial charge in [0.1, 0.15) is 16.7 Å². The Morgan fingerprint density at radius 3 is 2.93 bits per heavy atom. The molecule has 3 aromatic rings. The lowest BCUT2D eigenvalue weighted by Crippen LogP contribution is -2.16. The molecule has 0 radical (unpaired) electrons. The number of carbonyl (C=O) groups excluding carboxylic acids is 1. The first-order chi connectivity index (χ1) is 13.1. The molecule has 1 aliphatic heterocycles. The molecule has 0 bridgehead atoms. The van der Waals surface area contributed by atoms with Crippen LogP contribution in [0.25, 0.3) is 11.0 Å². The van der Waals surface area contributed by atoms with Gasteiger partial charge in [0.25, 0.3) is 0 Å². The van der Waals surface area contributed by atoms with E-state index < -0.39 is 0 Å². The molecule has 0 amide bonds. The van der Waals surface area contributed by atoms with Gasteiger partial charge in [0, 0.05) is 11.9 Å². The quantitative estimate of drug-likeness (QED) is 0.400. The molecule has 0 spiro atoms. The lowest BCUT2D eigenvalue weighted by Gasteiger charge is -2.14. The minimum atomic E-state index is -0.193. The van der Waals surface area contributed by atoms with Crippen molar-refractivity contribution in [3.8, 4) is 6.07 Å². The molecule has 2 aromatic carbocycles. The normalized spacial score (nSPS) is 14.9. The summed E-state index contributed by atoms with van der Waals surface area (Å²) in [6.45, 7) is 2.02. The minimum absolute atomic E-state index is 0.163. The highest BCUT2D eigenvalue weighted by Gasteiger charge is 2.27. The maximum absolute atomic E-state index is 12.7. The van der Waals surface area contributed by atoms with Gasteiger partial charge >= 0.3 is 0 Å². The van der Waals surface area contributed by atoms with Gasteiger partial charge < -0.3 is 9.88 Å². The van der Waals surface area contributed by atoms with E-state index in [0.29, 0.717) is 10.2 Å². The van der Waals surface area contributed by atoms with Gasteiger partial charge in [-0.05, 0) is 36.8 Å². The van der Waals surface area contributed by atoms with Gasteiger partial charge in [0.2, 0.25) is 0 Å². The SMILES string of the molecule is Cc1ccc2nc(SCC(=O)/C(C#N)=C3/Sc4ccccc4N3C)[nH]c2c1. The van der Waals surface area contributed by atoms with Gasteiger partial charge in [-0.2, -0.15) is 5.26 Å². The van der Waals surface area contributed by atoms with Crippen LogP contribution >= 0.6 is 23.5 Å². The molecule has 134 valence electrons. The predicted molar refractivity (Wildman–Crippen MR) is 110 cm³/mol. The van der Waals surface area contributed by atoms with E-state index in [-0.39, 0.29) is 17.1 Å². The van der Waals surface area contributed by atoms with Crippen LogP contribution in [0.1, 0.15) is 5.56 Å². The van der Waals surface area contributed by atoms with Crippen molar-refractivity contribution in [2.45, 2.75) is 17.0 Å². The zero-order valence-corrected chi connectivity index (χ0v) is 16.4. The minimum Gasteiger partial charge on any atom is -0.337 e. The number of imidazole rings is 1. The molecule has 7 heteroatoms. The monoisotopic (exact) mass is 392 g/mol. The number of fused-ring (bicyclic) bond motifs is 2. The number of hydrogen-bond donors (Lipinski definition) is 1. The summed E-state index contributed by atoms with van der Waals surface area (Å²) in [5.74, 6) is -0.0306. The van der Waals surface area contributed by atoms with E-state index in [1.807, 2.05) is 61.3 Å². The predicted octanol–water partition coefficient (Wildman–Crippen LogP) is 4.51. The summed E-state index contributed by atoms with van der Waals surface area (Å²) >= 11 is 2.78. The summed E-state index contributed by atoms with van der Waals surface area (Å²) < 4.78 is 0. The van der Waals surface area contributed by atoms with Crippen molar-refractivity contribution in [3.05, 3.63) is 58.6 Å². The summed E-state index contributed by atoms with van der Waals surface area (Å²) in [5, 5.41) is 11.0. The molecular formula is C20H16N4OS2. The number of nitrogens with one attached hydrogen (secondary N) is 1. The van der Waals surface area contributed by atoms with Crippen molar-refractivity contribution >= 4 is 46.0 Å². The Morgan fingerprint density at radius 1 is 1.33 bits per heavy atom. The maximum atomic E-state index is 12.7. The molecule has 1 N–H and O–H groups in total. The molecular weight excluding hydrogens is 376 g/mol. The van der Waals surface area contributed by atoms with Crippen molar-refractivity contribution in [1.82, 2.24) is 9.97 Å². The highest BCUT2D eigenvalue weighted by molar-refractivity contribution is 8.03.